The number of β-amino-alcohol motifs (C(OH)–C–C–N with tert-alkyl or cyclic N) is 1. The molecule has 0 bridgehead atoms. The highest BCUT2D eigenvalue weighted by Crippen LogP contribution is 2.40. The lowest BCUT2D eigenvalue weighted by Gasteiger charge is -2.19. The number of aliphatic hydroxyl groups excluding tert-OH is 1. The van der Waals surface area contributed by atoms with Gasteiger partial charge in [-0.3, -0.25) is 9.59 Å². The van der Waals surface area contributed by atoms with E-state index < -0.39 is 29.7 Å². The highest BCUT2D eigenvalue weighted by Gasteiger charge is 2.41. The maximum absolute atomic E-state index is 14.1. The van der Waals surface area contributed by atoms with Gasteiger partial charge in [-0.2, -0.15) is 13.2 Å². The van der Waals surface area contributed by atoms with Gasteiger partial charge in [0.05, 0.1) is 18.2 Å². The Kier molecular flexibility index (Phi) is 6.26. The fourth-order valence-corrected chi connectivity index (χ4v) is 4.99. The fourth-order valence-electron chi connectivity index (χ4n) is 4.99. The molecule has 2 aliphatic rings. The van der Waals surface area contributed by atoms with Crippen LogP contribution in [0.1, 0.15) is 62.5 Å². The third-order valence-corrected chi connectivity index (χ3v) is 7.09. The molecule has 1 fully saturated rings. The number of fused-ring (bicyclic) bond motifs is 1. The van der Waals surface area contributed by atoms with Crippen LogP contribution in [0.15, 0.2) is 42.7 Å². The fraction of sp³-hybridized carbons (Fsp3) is 0.385. The monoisotopic (exact) mass is 513 g/mol. The number of nitrogens with zero attached hydrogens (tertiary/aromatic N) is 5. The van der Waals surface area contributed by atoms with Crippen LogP contribution in [0, 0.1) is 0 Å². The van der Waals surface area contributed by atoms with E-state index in [1.807, 2.05) is 24.6 Å². The van der Waals surface area contributed by atoms with Crippen LogP contribution in [0.25, 0.3) is 0 Å². The molecule has 3 heterocycles. The van der Waals surface area contributed by atoms with E-state index in [2.05, 4.69) is 10.2 Å². The molecule has 0 unspecified atom stereocenters. The van der Waals surface area contributed by atoms with E-state index >= 15 is 0 Å². The maximum atomic E-state index is 14.1. The van der Waals surface area contributed by atoms with E-state index in [9.17, 15) is 27.9 Å². The first-order valence-corrected chi connectivity index (χ1v) is 12.0. The van der Waals surface area contributed by atoms with Crippen LogP contribution < -0.4 is 4.90 Å². The lowest BCUT2D eigenvalue weighted by molar-refractivity contribution is -0.138. The van der Waals surface area contributed by atoms with E-state index in [0.29, 0.717) is 18.5 Å². The molecule has 0 aliphatic carbocycles. The molecule has 11 heteroatoms. The van der Waals surface area contributed by atoms with Gasteiger partial charge in [-0.15, -0.1) is 10.2 Å². The number of anilines is 1. The molecule has 2 atom stereocenters. The Hall–Kier alpha value is -3.73. The Morgan fingerprint density at radius 2 is 2.03 bits per heavy atom. The molecule has 3 aromatic rings. The van der Waals surface area contributed by atoms with E-state index in [1.54, 1.807) is 24.5 Å². The summed E-state index contributed by atoms with van der Waals surface area (Å²) in [6, 6.07) is 9.23. The van der Waals surface area contributed by atoms with Gasteiger partial charge in [-0.1, -0.05) is 19.1 Å². The SMILES string of the molecule is C[C@H](Cc1nncn1C)c1cccc(N2Cc3c(cc(C(=O)N4CC[C@H](O)C4)cc3C(F)(F)F)C2=O)c1. The summed E-state index contributed by atoms with van der Waals surface area (Å²) in [5.41, 5.74) is -0.0865. The van der Waals surface area contributed by atoms with E-state index in [1.165, 1.54) is 15.9 Å². The highest BCUT2D eigenvalue weighted by atomic mass is 19.4. The molecule has 0 saturated carbocycles. The number of likely N-dealkylation sites (tertiary alicyclic amines) is 1. The number of aryl methyl sites for hydroxylation is 1. The zero-order valence-electron chi connectivity index (χ0n) is 20.4. The summed E-state index contributed by atoms with van der Waals surface area (Å²) in [7, 11) is 1.85. The zero-order chi connectivity index (χ0) is 26.5. The second-order valence-corrected chi connectivity index (χ2v) is 9.69. The summed E-state index contributed by atoms with van der Waals surface area (Å²) in [5.74, 6) is -0.404. The van der Waals surface area contributed by atoms with E-state index in [-0.39, 0.29) is 42.2 Å². The van der Waals surface area contributed by atoms with Gasteiger partial charge in [0.1, 0.15) is 12.2 Å². The van der Waals surface area contributed by atoms with Crippen molar-refractivity contribution in [3.05, 3.63) is 76.4 Å². The number of aromatic nitrogens is 3. The summed E-state index contributed by atoms with van der Waals surface area (Å²) in [6.07, 6.45) is -2.87. The molecule has 1 saturated heterocycles. The van der Waals surface area contributed by atoms with E-state index in [0.717, 1.165) is 17.5 Å². The maximum Gasteiger partial charge on any atom is 0.416 e. The Morgan fingerprint density at radius 3 is 2.68 bits per heavy atom. The van der Waals surface area contributed by atoms with Gasteiger partial charge < -0.3 is 19.5 Å². The van der Waals surface area contributed by atoms with Crippen LogP contribution in [0.3, 0.4) is 0 Å². The van der Waals surface area contributed by atoms with Crippen LogP contribution in [0.5, 0.6) is 0 Å². The quantitative estimate of drug-likeness (QED) is 0.564. The van der Waals surface area contributed by atoms with Crippen molar-refractivity contribution in [1.29, 1.82) is 0 Å². The predicted molar refractivity (Wildman–Crippen MR) is 128 cm³/mol. The average Bonchev–Trinajstić information content (AvgIpc) is 3.56. The molecule has 37 heavy (non-hydrogen) atoms. The van der Waals surface area contributed by atoms with Crippen LogP contribution >= 0.6 is 0 Å². The number of alkyl halides is 3. The van der Waals surface area contributed by atoms with Crippen LogP contribution in [-0.4, -0.2) is 55.8 Å². The van der Waals surface area contributed by atoms with Crippen molar-refractivity contribution in [2.24, 2.45) is 7.05 Å². The first kappa shape index (κ1) is 24.9. The summed E-state index contributed by atoms with van der Waals surface area (Å²) in [6.45, 7) is 2.05. The minimum absolute atomic E-state index is 0.0219. The van der Waals surface area contributed by atoms with Crippen LogP contribution in [0.4, 0.5) is 18.9 Å². The average molecular weight is 514 g/mol. The molecule has 8 nitrogen and oxygen atoms in total. The van der Waals surface area contributed by atoms with Crippen molar-refractivity contribution in [2.75, 3.05) is 18.0 Å². The number of amides is 2. The van der Waals surface area contributed by atoms with Gasteiger partial charge in [0.25, 0.3) is 11.8 Å². The van der Waals surface area contributed by atoms with E-state index in [4.69, 9.17) is 0 Å². The number of carbonyl (C=O) groups excluding carboxylic acids is 2. The van der Waals surface area contributed by atoms with Crippen molar-refractivity contribution in [3.63, 3.8) is 0 Å². The largest absolute Gasteiger partial charge is 0.416 e. The summed E-state index contributed by atoms with van der Waals surface area (Å²) in [4.78, 5) is 28.9. The Balaban J connectivity index is 1.46. The number of hydrogen-bond acceptors (Lipinski definition) is 5. The minimum atomic E-state index is -4.74. The van der Waals surface area contributed by atoms with Crippen molar-refractivity contribution in [3.8, 4) is 0 Å². The van der Waals surface area contributed by atoms with Crippen molar-refractivity contribution >= 4 is 17.5 Å². The topological polar surface area (TPSA) is 91.6 Å². The third kappa shape index (κ3) is 4.71. The molecule has 5 rings (SSSR count). The zero-order valence-corrected chi connectivity index (χ0v) is 20.4. The second-order valence-electron chi connectivity index (χ2n) is 9.69. The summed E-state index contributed by atoms with van der Waals surface area (Å²) in [5, 5.41) is 17.7. The number of hydrogen-bond donors (Lipinski definition) is 1. The van der Waals surface area contributed by atoms with Gasteiger partial charge in [-0.25, -0.2) is 0 Å². The molecule has 2 aliphatic heterocycles. The summed E-state index contributed by atoms with van der Waals surface area (Å²) >= 11 is 0. The number of aliphatic hydroxyl groups is 1. The van der Waals surface area contributed by atoms with Gasteiger partial charge in [0, 0.05) is 43.4 Å². The first-order chi connectivity index (χ1) is 17.5. The Morgan fingerprint density at radius 1 is 1.24 bits per heavy atom. The molecule has 2 aromatic carbocycles. The molecular formula is C26H26F3N5O3. The first-order valence-electron chi connectivity index (χ1n) is 12.0. The lowest BCUT2D eigenvalue weighted by atomic mass is 9.97. The van der Waals surface area contributed by atoms with Gasteiger partial charge >= 0.3 is 6.18 Å². The molecule has 194 valence electrons. The smallest absolute Gasteiger partial charge is 0.391 e. The normalized spacial score (nSPS) is 18.4. The molecule has 0 radical (unpaired) electrons. The number of carbonyl (C=O) groups is 2. The minimum Gasteiger partial charge on any atom is -0.391 e. The molecule has 0 spiro atoms. The number of benzene rings is 2. The molecule has 1 N–H and O–H groups in total. The summed E-state index contributed by atoms with van der Waals surface area (Å²) < 4.78 is 44.0. The molecule has 1 aromatic heterocycles. The van der Waals surface area contributed by atoms with Crippen LogP contribution in [0.2, 0.25) is 0 Å². The van der Waals surface area contributed by atoms with Gasteiger partial charge in [0.15, 0.2) is 0 Å². The standard InChI is InChI=1S/C26H26F3N5O3/c1-15(8-23-31-30-14-32(23)2)16-4-3-5-18(9-16)34-13-21-20(25(34)37)10-17(11-22(21)26(27,28)29)24(36)33-7-6-19(35)12-33/h3-5,9-11,14-15,19,35H,6-8,12-13H2,1-2H3/t15-,19+/m1/s1. The highest BCUT2D eigenvalue weighted by molar-refractivity contribution is 6.11. The predicted octanol–water partition coefficient (Wildman–Crippen LogP) is 3.55. The lowest BCUT2D eigenvalue weighted by Crippen LogP contribution is -2.30. The Labute approximate surface area is 211 Å². The van der Waals surface area contributed by atoms with Crippen molar-refractivity contribution in [2.45, 2.75) is 44.5 Å². The van der Waals surface area contributed by atoms with Gasteiger partial charge in [-0.05, 0) is 47.7 Å². The molecular weight excluding hydrogens is 487 g/mol. The van der Waals surface area contributed by atoms with Crippen molar-refractivity contribution in [1.82, 2.24) is 19.7 Å². The van der Waals surface area contributed by atoms with Crippen molar-refractivity contribution < 1.29 is 27.9 Å². The van der Waals surface area contributed by atoms with Gasteiger partial charge in [0.2, 0.25) is 0 Å². The number of rotatable bonds is 5. The third-order valence-electron chi connectivity index (χ3n) is 7.09. The number of halogens is 3. The second kappa shape index (κ2) is 9.29. The molecule has 2 amide bonds. The van der Waals surface area contributed by atoms with Crippen LogP contribution in [-0.2, 0) is 26.2 Å². The Bertz CT molecular complexity index is 1370.